The molecule has 7 nitrogen and oxygen atoms in total. The summed E-state index contributed by atoms with van der Waals surface area (Å²) in [6, 6.07) is 1.64. The van der Waals surface area contributed by atoms with Gasteiger partial charge in [-0.2, -0.15) is 0 Å². The number of amides is 1. The number of aliphatic hydroxyl groups excluding tert-OH is 1. The summed E-state index contributed by atoms with van der Waals surface area (Å²) in [4.78, 5) is 24.3. The highest BCUT2D eigenvalue weighted by Crippen LogP contribution is 2.40. The van der Waals surface area contributed by atoms with Crippen LogP contribution in [-0.2, 0) is 6.42 Å². The number of anilines is 1. The topological polar surface area (TPSA) is 91.5 Å². The third kappa shape index (κ3) is 3.76. The number of aliphatic hydroxyl groups is 1. The fourth-order valence-corrected chi connectivity index (χ4v) is 4.21. The van der Waals surface area contributed by atoms with E-state index in [0.29, 0.717) is 5.76 Å². The number of fused-ring (bicyclic) bond motifs is 1. The maximum absolute atomic E-state index is 12.7. The van der Waals surface area contributed by atoms with Crippen molar-refractivity contribution in [2.45, 2.75) is 58.6 Å². The van der Waals surface area contributed by atoms with Crippen LogP contribution >= 0.6 is 0 Å². The highest BCUT2D eigenvalue weighted by atomic mass is 16.3. The van der Waals surface area contributed by atoms with Gasteiger partial charge in [0.25, 0.3) is 5.91 Å². The minimum atomic E-state index is -0.225. The number of hydrogen-bond donors (Lipinski definition) is 2. The van der Waals surface area contributed by atoms with Crippen LogP contribution in [0.25, 0.3) is 0 Å². The summed E-state index contributed by atoms with van der Waals surface area (Å²) in [5, 5.41) is 12.9. The van der Waals surface area contributed by atoms with E-state index in [0.717, 1.165) is 61.5 Å². The van der Waals surface area contributed by atoms with Crippen molar-refractivity contribution in [3.05, 3.63) is 41.1 Å². The monoisotopic (exact) mass is 384 g/mol. The molecule has 3 heterocycles. The highest BCUT2D eigenvalue weighted by Gasteiger charge is 2.35. The van der Waals surface area contributed by atoms with Crippen molar-refractivity contribution in [3.63, 3.8) is 0 Å². The molecule has 0 aromatic carbocycles. The lowest BCUT2D eigenvalue weighted by Crippen LogP contribution is -2.39. The molecule has 0 bridgehead atoms. The molecule has 1 fully saturated rings. The minimum absolute atomic E-state index is 0.0207. The zero-order valence-corrected chi connectivity index (χ0v) is 16.7. The lowest BCUT2D eigenvalue weighted by molar-refractivity contribution is 0.0890. The normalized spacial score (nSPS) is 22.0. The second-order valence-electron chi connectivity index (χ2n) is 8.79. The molecule has 2 aromatic rings. The van der Waals surface area contributed by atoms with Crippen molar-refractivity contribution >= 4 is 11.9 Å². The number of aromatic nitrogens is 2. The SMILES string of the molecule is Cc1ccoc1C(=O)N[C@H]1CC(C)(C)Cc2nc(N3CCC(O)CC3)ncc21. The Morgan fingerprint density at radius 1 is 1.36 bits per heavy atom. The van der Waals surface area contributed by atoms with E-state index in [-0.39, 0.29) is 23.5 Å². The highest BCUT2D eigenvalue weighted by molar-refractivity contribution is 5.93. The smallest absolute Gasteiger partial charge is 0.287 e. The molecule has 4 rings (SSSR count). The lowest BCUT2D eigenvalue weighted by Gasteiger charge is -2.37. The quantitative estimate of drug-likeness (QED) is 0.846. The molecule has 0 radical (unpaired) electrons. The standard InChI is InChI=1S/C21H28N4O3/c1-13-6-9-28-18(13)19(27)23-16-10-21(2,3)11-17-15(16)12-22-20(24-17)25-7-4-14(26)5-8-25/h6,9,12,14,16,26H,4-5,7-8,10-11H2,1-3H3,(H,23,27)/t16-/m0/s1. The van der Waals surface area contributed by atoms with E-state index >= 15 is 0 Å². The number of nitrogens with one attached hydrogen (secondary N) is 1. The molecule has 2 N–H and O–H groups in total. The van der Waals surface area contributed by atoms with Crippen LogP contribution in [0.1, 0.15) is 66.5 Å². The van der Waals surface area contributed by atoms with Crippen LogP contribution < -0.4 is 10.2 Å². The van der Waals surface area contributed by atoms with Gasteiger partial charge in [0.05, 0.1) is 24.1 Å². The van der Waals surface area contributed by atoms with Gasteiger partial charge < -0.3 is 19.7 Å². The Balaban J connectivity index is 1.59. The van der Waals surface area contributed by atoms with Crippen LogP contribution in [0.5, 0.6) is 0 Å². The maximum Gasteiger partial charge on any atom is 0.287 e. The van der Waals surface area contributed by atoms with E-state index in [9.17, 15) is 9.90 Å². The Labute approximate surface area is 165 Å². The van der Waals surface area contributed by atoms with Crippen LogP contribution in [-0.4, -0.2) is 40.2 Å². The number of rotatable bonds is 3. The van der Waals surface area contributed by atoms with Gasteiger partial charge >= 0.3 is 0 Å². The molecule has 1 aliphatic heterocycles. The number of carbonyl (C=O) groups excluding carboxylic acids is 1. The molecule has 28 heavy (non-hydrogen) atoms. The summed E-state index contributed by atoms with van der Waals surface area (Å²) >= 11 is 0. The van der Waals surface area contributed by atoms with Crippen LogP contribution in [0, 0.1) is 12.3 Å². The zero-order valence-electron chi connectivity index (χ0n) is 16.7. The van der Waals surface area contributed by atoms with Gasteiger partial charge in [-0.25, -0.2) is 9.97 Å². The Kier molecular flexibility index (Phi) is 4.87. The number of piperidine rings is 1. The number of nitrogens with zero attached hydrogens (tertiary/aromatic N) is 3. The summed E-state index contributed by atoms with van der Waals surface area (Å²) in [6.45, 7) is 7.79. The van der Waals surface area contributed by atoms with Gasteiger partial charge in [-0.05, 0) is 44.1 Å². The largest absolute Gasteiger partial charge is 0.459 e. The first-order chi connectivity index (χ1) is 13.3. The molecule has 2 aromatic heterocycles. The number of hydrogen-bond acceptors (Lipinski definition) is 6. The molecule has 0 unspecified atom stereocenters. The van der Waals surface area contributed by atoms with E-state index in [1.165, 1.54) is 6.26 Å². The van der Waals surface area contributed by atoms with Crippen molar-refractivity contribution in [1.82, 2.24) is 15.3 Å². The first-order valence-corrected chi connectivity index (χ1v) is 9.96. The molecule has 1 saturated heterocycles. The molecule has 1 atom stereocenters. The second-order valence-corrected chi connectivity index (χ2v) is 8.79. The molecule has 150 valence electrons. The molecule has 2 aliphatic rings. The van der Waals surface area contributed by atoms with Gasteiger partial charge in [-0.1, -0.05) is 13.8 Å². The summed E-state index contributed by atoms with van der Waals surface area (Å²) in [5.41, 5.74) is 2.82. The van der Waals surface area contributed by atoms with E-state index in [1.807, 2.05) is 13.1 Å². The van der Waals surface area contributed by atoms with E-state index in [1.54, 1.807) is 6.07 Å². The van der Waals surface area contributed by atoms with Gasteiger partial charge in [-0.15, -0.1) is 0 Å². The number of aryl methyl sites for hydroxylation is 1. The molecule has 0 saturated carbocycles. The molecule has 7 heteroatoms. The predicted octanol–water partition coefficient (Wildman–Crippen LogP) is 2.78. The van der Waals surface area contributed by atoms with Crippen molar-refractivity contribution in [3.8, 4) is 0 Å². The Bertz CT molecular complexity index is 868. The van der Waals surface area contributed by atoms with E-state index < -0.39 is 0 Å². The fourth-order valence-electron chi connectivity index (χ4n) is 4.21. The van der Waals surface area contributed by atoms with Crippen LogP contribution in [0.15, 0.2) is 22.9 Å². The van der Waals surface area contributed by atoms with Crippen molar-refractivity contribution < 1.29 is 14.3 Å². The van der Waals surface area contributed by atoms with Crippen LogP contribution in [0.3, 0.4) is 0 Å². The Morgan fingerprint density at radius 2 is 2.11 bits per heavy atom. The summed E-state index contributed by atoms with van der Waals surface area (Å²) in [6.07, 6.45) is 6.33. The molecule has 0 spiro atoms. The molecule has 1 aliphatic carbocycles. The van der Waals surface area contributed by atoms with Crippen LogP contribution in [0.2, 0.25) is 0 Å². The Morgan fingerprint density at radius 3 is 2.79 bits per heavy atom. The average molecular weight is 384 g/mol. The molecular formula is C21H28N4O3. The molecule has 1 amide bonds. The van der Waals surface area contributed by atoms with E-state index in [2.05, 4.69) is 29.0 Å². The van der Waals surface area contributed by atoms with Gasteiger partial charge in [-0.3, -0.25) is 4.79 Å². The van der Waals surface area contributed by atoms with Crippen LogP contribution in [0.4, 0.5) is 5.95 Å². The minimum Gasteiger partial charge on any atom is -0.459 e. The zero-order chi connectivity index (χ0) is 19.9. The average Bonchev–Trinajstić information content (AvgIpc) is 3.07. The Hall–Kier alpha value is -2.41. The van der Waals surface area contributed by atoms with Crippen molar-refractivity contribution in [2.24, 2.45) is 5.41 Å². The first-order valence-electron chi connectivity index (χ1n) is 9.96. The van der Waals surface area contributed by atoms with Gasteiger partial charge in [0.2, 0.25) is 5.95 Å². The van der Waals surface area contributed by atoms with Gasteiger partial charge in [0.15, 0.2) is 5.76 Å². The second kappa shape index (κ2) is 7.20. The van der Waals surface area contributed by atoms with Crippen molar-refractivity contribution in [2.75, 3.05) is 18.0 Å². The van der Waals surface area contributed by atoms with Gasteiger partial charge in [0.1, 0.15) is 0 Å². The summed E-state index contributed by atoms with van der Waals surface area (Å²) in [5.74, 6) is 0.870. The third-order valence-corrected chi connectivity index (χ3v) is 5.79. The van der Waals surface area contributed by atoms with Crippen molar-refractivity contribution in [1.29, 1.82) is 0 Å². The molecular weight excluding hydrogens is 356 g/mol. The summed E-state index contributed by atoms with van der Waals surface area (Å²) < 4.78 is 5.34. The first kappa shape index (κ1) is 18.9. The van der Waals surface area contributed by atoms with Gasteiger partial charge in [0, 0.05) is 30.4 Å². The van der Waals surface area contributed by atoms with E-state index in [4.69, 9.17) is 9.40 Å². The predicted molar refractivity (Wildman–Crippen MR) is 105 cm³/mol. The summed E-state index contributed by atoms with van der Waals surface area (Å²) in [7, 11) is 0. The fraction of sp³-hybridized carbons (Fsp3) is 0.571. The number of furan rings is 1. The lowest BCUT2D eigenvalue weighted by atomic mass is 9.74. The third-order valence-electron chi connectivity index (χ3n) is 5.79. The number of carbonyl (C=O) groups is 1. The maximum atomic E-state index is 12.7.